The third-order valence-corrected chi connectivity index (χ3v) is 5.04. The highest BCUT2D eigenvalue weighted by Crippen LogP contribution is 2.42. The van der Waals surface area contributed by atoms with E-state index in [-0.39, 0.29) is 18.7 Å². The fourth-order valence-corrected chi connectivity index (χ4v) is 3.68. The van der Waals surface area contributed by atoms with Gasteiger partial charge in [0.1, 0.15) is 0 Å². The minimum atomic E-state index is -1.86. The highest BCUT2D eigenvalue weighted by molar-refractivity contribution is 6.11. The highest BCUT2D eigenvalue weighted by atomic mass is 16.3. The second-order valence-electron chi connectivity index (χ2n) is 6.74. The Morgan fingerprint density at radius 1 is 1.04 bits per heavy atom. The number of para-hydroxylation sites is 1. The number of benzene rings is 3. The molecule has 0 saturated carbocycles. The van der Waals surface area contributed by atoms with Crippen molar-refractivity contribution in [3.63, 3.8) is 0 Å². The molecule has 134 valence electrons. The van der Waals surface area contributed by atoms with Crippen molar-refractivity contribution in [1.29, 1.82) is 0 Å². The van der Waals surface area contributed by atoms with Gasteiger partial charge in [-0.3, -0.25) is 9.59 Å². The van der Waals surface area contributed by atoms with Crippen molar-refractivity contribution >= 4 is 28.2 Å². The van der Waals surface area contributed by atoms with Crippen LogP contribution in [0.1, 0.15) is 22.3 Å². The third kappa shape index (κ3) is 2.75. The molecule has 3 aromatic rings. The molecule has 1 amide bonds. The molecule has 0 radical (unpaired) electrons. The van der Waals surface area contributed by atoms with E-state index in [2.05, 4.69) is 6.58 Å². The zero-order valence-electron chi connectivity index (χ0n) is 14.8. The Hall–Kier alpha value is -3.24. The highest BCUT2D eigenvalue weighted by Gasteiger charge is 2.50. The molecule has 1 aliphatic rings. The number of ketones is 1. The lowest BCUT2D eigenvalue weighted by Crippen LogP contribution is -2.41. The van der Waals surface area contributed by atoms with E-state index in [1.54, 1.807) is 42.5 Å². The molecule has 0 bridgehead atoms. The Balaban J connectivity index is 1.70. The molecule has 0 unspecified atom stereocenters. The Morgan fingerprint density at radius 3 is 2.52 bits per heavy atom. The molecule has 1 aliphatic heterocycles. The van der Waals surface area contributed by atoms with Crippen LogP contribution in [0.4, 0.5) is 5.69 Å². The molecule has 4 nitrogen and oxygen atoms in total. The van der Waals surface area contributed by atoms with Gasteiger partial charge >= 0.3 is 0 Å². The number of nitrogens with zero attached hydrogens (tertiary/aromatic N) is 1. The van der Waals surface area contributed by atoms with Crippen LogP contribution in [0.25, 0.3) is 10.8 Å². The van der Waals surface area contributed by atoms with Gasteiger partial charge in [-0.2, -0.15) is 0 Å². The fraction of sp³-hybridized carbons (Fsp3) is 0.130. The van der Waals surface area contributed by atoms with Crippen molar-refractivity contribution < 1.29 is 14.7 Å². The van der Waals surface area contributed by atoms with Crippen LogP contribution in [0.3, 0.4) is 0 Å². The SMILES string of the molecule is C=CCN1C(=O)[C@](O)(CC(=O)c2ccc3ccccc3c2)c2ccccc21. The van der Waals surface area contributed by atoms with Crippen molar-refractivity contribution in [1.82, 2.24) is 0 Å². The van der Waals surface area contributed by atoms with Gasteiger partial charge in [-0.05, 0) is 22.9 Å². The van der Waals surface area contributed by atoms with Gasteiger partial charge in [-0.1, -0.05) is 60.7 Å². The van der Waals surface area contributed by atoms with Crippen LogP contribution < -0.4 is 4.90 Å². The number of Topliss-reactive ketones (excluding diaryl/α,β-unsaturated/α-hetero) is 1. The topological polar surface area (TPSA) is 57.6 Å². The third-order valence-electron chi connectivity index (χ3n) is 5.04. The van der Waals surface area contributed by atoms with E-state index >= 15 is 0 Å². The van der Waals surface area contributed by atoms with E-state index in [4.69, 9.17) is 0 Å². The summed E-state index contributed by atoms with van der Waals surface area (Å²) in [5.41, 5.74) is -0.292. The number of anilines is 1. The summed E-state index contributed by atoms with van der Waals surface area (Å²) in [6.45, 7) is 3.95. The maximum Gasteiger partial charge on any atom is 0.264 e. The molecule has 0 aromatic heterocycles. The van der Waals surface area contributed by atoms with Crippen molar-refractivity contribution in [2.75, 3.05) is 11.4 Å². The minimum absolute atomic E-state index is 0.271. The molecule has 4 heteroatoms. The lowest BCUT2D eigenvalue weighted by Gasteiger charge is -2.22. The van der Waals surface area contributed by atoms with Crippen LogP contribution in [0.15, 0.2) is 79.4 Å². The van der Waals surface area contributed by atoms with Gasteiger partial charge in [-0.15, -0.1) is 6.58 Å². The van der Waals surface area contributed by atoms with Gasteiger partial charge in [0.05, 0.1) is 12.1 Å². The zero-order chi connectivity index (χ0) is 19.0. The summed E-state index contributed by atoms with van der Waals surface area (Å²) in [5, 5.41) is 13.2. The quantitative estimate of drug-likeness (QED) is 0.558. The fourth-order valence-electron chi connectivity index (χ4n) is 3.68. The number of carbonyl (C=O) groups is 2. The molecule has 0 aliphatic carbocycles. The van der Waals surface area contributed by atoms with Gasteiger partial charge in [0.15, 0.2) is 11.4 Å². The predicted molar refractivity (Wildman–Crippen MR) is 106 cm³/mol. The Kier molecular flexibility index (Phi) is 4.13. The number of amides is 1. The summed E-state index contributed by atoms with van der Waals surface area (Å²) in [7, 11) is 0. The summed E-state index contributed by atoms with van der Waals surface area (Å²) < 4.78 is 0. The van der Waals surface area contributed by atoms with E-state index in [0.29, 0.717) is 16.8 Å². The van der Waals surface area contributed by atoms with Gasteiger partial charge < -0.3 is 10.0 Å². The second kappa shape index (κ2) is 6.49. The number of aliphatic hydroxyl groups is 1. The van der Waals surface area contributed by atoms with Gasteiger partial charge in [-0.25, -0.2) is 0 Å². The number of hydrogen-bond donors (Lipinski definition) is 1. The Labute approximate surface area is 157 Å². The van der Waals surface area contributed by atoms with Crippen molar-refractivity contribution in [3.8, 4) is 0 Å². The van der Waals surface area contributed by atoms with Crippen molar-refractivity contribution in [2.45, 2.75) is 12.0 Å². The smallest absolute Gasteiger partial charge is 0.264 e. The monoisotopic (exact) mass is 357 g/mol. The largest absolute Gasteiger partial charge is 0.375 e. The summed E-state index contributed by atoms with van der Waals surface area (Å²) in [6, 6.07) is 20.2. The first-order valence-electron chi connectivity index (χ1n) is 8.81. The molecule has 0 spiro atoms. The average molecular weight is 357 g/mol. The number of carbonyl (C=O) groups excluding carboxylic acids is 2. The molecule has 3 aromatic carbocycles. The molecule has 0 saturated heterocycles. The van der Waals surface area contributed by atoms with Crippen molar-refractivity contribution in [2.24, 2.45) is 0 Å². The normalized spacial score (nSPS) is 18.6. The van der Waals surface area contributed by atoms with Crippen LogP contribution in [-0.2, 0) is 10.4 Å². The van der Waals surface area contributed by atoms with E-state index < -0.39 is 11.5 Å². The van der Waals surface area contributed by atoms with Crippen LogP contribution >= 0.6 is 0 Å². The van der Waals surface area contributed by atoms with E-state index in [1.165, 1.54) is 4.90 Å². The minimum Gasteiger partial charge on any atom is -0.375 e. The van der Waals surface area contributed by atoms with Crippen LogP contribution in [-0.4, -0.2) is 23.3 Å². The molecule has 4 rings (SSSR count). The first kappa shape index (κ1) is 17.2. The molecule has 1 N–H and O–H groups in total. The zero-order valence-corrected chi connectivity index (χ0v) is 14.8. The number of hydrogen-bond acceptors (Lipinski definition) is 3. The average Bonchev–Trinajstić information content (AvgIpc) is 2.90. The number of rotatable bonds is 5. The van der Waals surface area contributed by atoms with Gasteiger partial charge in [0.25, 0.3) is 5.91 Å². The maximum absolute atomic E-state index is 12.9. The summed E-state index contributed by atoms with van der Waals surface area (Å²) in [6.07, 6.45) is 1.31. The molecule has 1 heterocycles. The molecule has 27 heavy (non-hydrogen) atoms. The van der Waals surface area contributed by atoms with Crippen LogP contribution in [0.5, 0.6) is 0 Å². The number of fused-ring (bicyclic) bond motifs is 2. The van der Waals surface area contributed by atoms with Crippen LogP contribution in [0.2, 0.25) is 0 Å². The molecular weight excluding hydrogens is 338 g/mol. The summed E-state index contributed by atoms with van der Waals surface area (Å²) >= 11 is 0. The summed E-state index contributed by atoms with van der Waals surface area (Å²) in [4.78, 5) is 27.3. The van der Waals surface area contributed by atoms with Crippen LogP contribution in [0, 0.1) is 0 Å². The first-order chi connectivity index (χ1) is 13.0. The Bertz CT molecular complexity index is 1070. The Morgan fingerprint density at radius 2 is 1.74 bits per heavy atom. The van der Waals surface area contributed by atoms with E-state index in [9.17, 15) is 14.7 Å². The molecule has 0 fully saturated rings. The van der Waals surface area contributed by atoms with E-state index in [0.717, 1.165) is 10.8 Å². The molecule has 1 atom stereocenters. The standard InChI is InChI=1S/C23H19NO3/c1-2-13-24-20-10-6-5-9-19(20)23(27,22(24)26)15-21(25)18-12-11-16-7-3-4-8-17(16)14-18/h2-12,14,27H,1,13,15H2/t23-/m0/s1. The predicted octanol–water partition coefficient (Wildman–Crippen LogP) is 3.83. The lowest BCUT2D eigenvalue weighted by molar-refractivity contribution is -0.135. The van der Waals surface area contributed by atoms with Gasteiger partial charge in [0.2, 0.25) is 0 Å². The second-order valence-corrected chi connectivity index (χ2v) is 6.74. The molecular formula is C23H19NO3. The van der Waals surface area contributed by atoms with E-state index in [1.807, 2.05) is 30.3 Å². The van der Waals surface area contributed by atoms with Crippen molar-refractivity contribution in [3.05, 3.63) is 90.5 Å². The lowest BCUT2D eigenvalue weighted by atomic mass is 9.88. The van der Waals surface area contributed by atoms with Gasteiger partial charge in [0, 0.05) is 17.7 Å². The maximum atomic E-state index is 12.9. The first-order valence-corrected chi connectivity index (χ1v) is 8.81. The summed E-state index contributed by atoms with van der Waals surface area (Å²) in [5.74, 6) is -0.760.